The molecule has 1 aromatic carbocycles. The fraction of sp³-hybridized carbons (Fsp3) is 0.636. The van der Waals surface area contributed by atoms with Crippen molar-refractivity contribution in [2.24, 2.45) is 11.3 Å². The topological polar surface area (TPSA) is 61.4 Å². The lowest BCUT2D eigenvalue weighted by Gasteiger charge is -2.31. The van der Waals surface area contributed by atoms with Crippen LogP contribution in [0, 0.1) is 11.3 Å². The van der Waals surface area contributed by atoms with Crippen molar-refractivity contribution in [2.75, 3.05) is 25.5 Å². The van der Waals surface area contributed by atoms with E-state index < -0.39 is 0 Å². The molecule has 1 heterocycles. The lowest BCUT2D eigenvalue weighted by atomic mass is 9.91. The first-order valence-corrected chi connectivity index (χ1v) is 10.5. The molecule has 2 aliphatic carbocycles. The Labute approximate surface area is 161 Å². The third-order valence-corrected chi connectivity index (χ3v) is 6.96. The van der Waals surface area contributed by atoms with E-state index in [1.807, 2.05) is 36.2 Å². The fourth-order valence-corrected chi connectivity index (χ4v) is 5.02. The Morgan fingerprint density at radius 2 is 1.81 bits per heavy atom. The van der Waals surface area contributed by atoms with Crippen LogP contribution in [0.1, 0.15) is 61.7 Å². The van der Waals surface area contributed by atoms with Crippen molar-refractivity contribution < 1.29 is 9.59 Å². The number of carbonyl (C=O) groups is 2. The third kappa shape index (κ3) is 3.75. The molecular formula is C22H31N3O2. The molecule has 1 aliphatic heterocycles. The summed E-state index contributed by atoms with van der Waals surface area (Å²) in [5.41, 5.74) is 1.47. The summed E-state index contributed by atoms with van der Waals surface area (Å²) >= 11 is 0. The lowest BCUT2D eigenvalue weighted by molar-refractivity contribution is -0.118. The van der Waals surface area contributed by atoms with Crippen molar-refractivity contribution in [3.05, 3.63) is 29.8 Å². The standard InChI is InChI=1S/C22H31N3O2/c1-25(16-7-3-2-4-8-16)21(27)17-9-5-6-10-19(17)24-20(26)18-15-22(18)11-13-23-14-12-22/h5-6,9-10,16,18,23H,2-4,7-8,11-15H2,1H3,(H,24,26). The number of rotatable bonds is 4. The average Bonchev–Trinajstić information content (AvgIpc) is 3.41. The normalized spacial score (nSPS) is 24.4. The van der Waals surface area contributed by atoms with E-state index in [1.54, 1.807) is 0 Å². The van der Waals surface area contributed by atoms with E-state index in [4.69, 9.17) is 0 Å². The zero-order valence-corrected chi connectivity index (χ0v) is 16.3. The summed E-state index contributed by atoms with van der Waals surface area (Å²) in [6, 6.07) is 7.78. The second-order valence-corrected chi connectivity index (χ2v) is 8.61. The van der Waals surface area contributed by atoms with Crippen LogP contribution in [0.3, 0.4) is 0 Å². The molecule has 0 aromatic heterocycles. The van der Waals surface area contributed by atoms with Gasteiger partial charge in [0, 0.05) is 19.0 Å². The van der Waals surface area contributed by atoms with Crippen LogP contribution < -0.4 is 10.6 Å². The first-order valence-electron chi connectivity index (χ1n) is 10.5. The predicted octanol–water partition coefficient (Wildman–Crippen LogP) is 3.42. The van der Waals surface area contributed by atoms with Crippen molar-refractivity contribution in [1.82, 2.24) is 10.2 Å². The van der Waals surface area contributed by atoms with Crippen molar-refractivity contribution >= 4 is 17.5 Å². The second-order valence-electron chi connectivity index (χ2n) is 8.61. The van der Waals surface area contributed by atoms with Crippen LogP contribution in [0.5, 0.6) is 0 Å². The minimum atomic E-state index is 0.0187. The van der Waals surface area contributed by atoms with Gasteiger partial charge in [0.05, 0.1) is 11.3 Å². The Balaban J connectivity index is 1.45. The van der Waals surface area contributed by atoms with Gasteiger partial charge in [0.25, 0.3) is 5.91 Å². The Hall–Kier alpha value is -1.88. The van der Waals surface area contributed by atoms with Crippen LogP contribution in [0.25, 0.3) is 0 Å². The molecule has 1 saturated heterocycles. The second kappa shape index (κ2) is 7.63. The van der Waals surface area contributed by atoms with Gasteiger partial charge in [0.1, 0.15) is 0 Å². The maximum atomic E-state index is 13.1. The molecule has 2 amide bonds. The zero-order valence-electron chi connectivity index (χ0n) is 16.3. The van der Waals surface area contributed by atoms with E-state index in [2.05, 4.69) is 10.6 Å². The van der Waals surface area contributed by atoms with Gasteiger partial charge in [-0.3, -0.25) is 9.59 Å². The maximum Gasteiger partial charge on any atom is 0.255 e. The number of nitrogens with zero attached hydrogens (tertiary/aromatic N) is 1. The van der Waals surface area contributed by atoms with Crippen molar-refractivity contribution in [3.8, 4) is 0 Å². The molecule has 1 unspecified atom stereocenters. The Bertz CT molecular complexity index is 705. The van der Waals surface area contributed by atoms with E-state index in [0.29, 0.717) is 17.3 Å². The summed E-state index contributed by atoms with van der Waals surface area (Å²) < 4.78 is 0. The highest BCUT2D eigenvalue weighted by Crippen LogP contribution is 2.58. The molecule has 0 bridgehead atoms. The van der Waals surface area contributed by atoms with Crippen LogP contribution >= 0.6 is 0 Å². The summed E-state index contributed by atoms with van der Waals surface area (Å²) in [7, 11) is 1.90. The van der Waals surface area contributed by atoms with Gasteiger partial charge in [-0.2, -0.15) is 0 Å². The van der Waals surface area contributed by atoms with Gasteiger partial charge in [-0.25, -0.2) is 0 Å². The molecule has 5 nitrogen and oxygen atoms in total. The molecule has 27 heavy (non-hydrogen) atoms. The highest BCUT2D eigenvalue weighted by molar-refractivity contribution is 6.04. The SMILES string of the molecule is CN(C(=O)c1ccccc1NC(=O)C1CC12CCNCC2)C1CCCCC1. The number of hydrogen-bond donors (Lipinski definition) is 2. The van der Waals surface area contributed by atoms with E-state index in [0.717, 1.165) is 45.2 Å². The number of nitrogens with one attached hydrogen (secondary N) is 2. The Morgan fingerprint density at radius 1 is 1.11 bits per heavy atom. The first-order chi connectivity index (χ1) is 13.1. The molecule has 1 spiro atoms. The van der Waals surface area contributed by atoms with Crippen molar-refractivity contribution in [3.63, 3.8) is 0 Å². The number of para-hydroxylation sites is 1. The predicted molar refractivity (Wildman–Crippen MR) is 107 cm³/mol. The summed E-state index contributed by atoms with van der Waals surface area (Å²) in [5.74, 6) is 0.196. The van der Waals surface area contributed by atoms with E-state index >= 15 is 0 Å². The molecule has 2 N–H and O–H groups in total. The lowest BCUT2D eigenvalue weighted by Crippen LogP contribution is -2.38. The van der Waals surface area contributed by atoms with Crippen LogP contribution in [0.15, 0.2) is 24.3 Å². The summed E-state index contributed by atoms with van der Waals surface area (Å²) in [5, 5.41) is 6.45. The first kappa shape index (κ1) is 18.5. The highest BCUT2D eigenvalue weighted by Gasteiger charge is 2.57. The Kier molecular flexibility index (Phi) is 5.22. The molecule has 2 saturated carbocycles. The molecule has 0 radical (unpaired) electrons. The smallest absolute Gasteiger partial charge is 0.255 e. The highest BCUT2D eigenvalue weighted by atomic mass is 16.2. The third-order valence-electron chi connectivity index (χ3n) is 6.96. The molecule has 1 atom stereocenters. The van der Waals surface area contributed by atoms with Crippen LogP contribution in [-0.4, -0.2) is 42.9 Å². The van der Waals surface area contributed by atoms with E-state index in [9.17, 15) is 9.59 Å². The van der Waals surface area contributed by atoms with Gasteiger partial charge in [0.2, 0.25) is 5.91 Å². The number of piperidine rings is 1. The van der Waals surface area contributed by atoms with Gasteiger partial charge in [-0.15, -0.1) is 0 Å². The minimum Gasteiger partial charge on any atom is -0.339 e. The number of anilines is 1. The van der Waals surface area contributed by atoms with Gasteiger partial charge in [-0.05, 0) is 62.7 Å². The molecular weight excluding hydrogens is 338 g/mol. The van der Waals surface area contributed by atoms with Crippen molar-refractivity contribution in [1.29, 1.82) is 0 Å². The zero-order chi connectivity index (χ0) is 18.9. The van der Waals surface area contributed by atoms with E-state index in [1.165, 1.54) is 19.3 Å². The summed E-state index contributed by atoms with van der Waals surface area (Å²) in [6.45, 7) is 2.01. The average molecular weight is 370 g/mol. The molecule has 3 aliphatic rings. The van der Waals surface area contributed by atoms with Gasteiger partial charge >= 0.3 is 0 Å². The van der Waals surface area contributed by atoms with E-state index in [-0.39, 0.29) is 23.1 Å². The van der Waals surface area contributed by atoms with Crippen LogP contribution in [0.2, 0.25) is 0 Å². The molecule has 1 aromatic rings. The number of hydrogen-bond acceptors (Lipinski definition) is 3. The van der Waals surface area contributed by atoms with Gasteiger partial charge in [0.15, 0.2) is 0 Å². The maximum absolute atomic E-state index is 13.1. The van der Waals surface area contributed by atoms with Gasteiger partial charge < -0.3 is 15.5 Å². The largest absolute Gasteiger partial charge is 0.339 e. The molecule has 5 heteroatoms. The van der Waals surface area contributed by atoms with Gasteiger partial charge in [-0.1, -0.05) is 31.4 Å². The monoisotopic (exact) mass is 369 g/mol. The fourth-order valence-electron chi connectivity index (χ4n) is 5.02. The molecule has 146 valence electrons. The summed E-state index contributed by atoms with van der Waals surface area (Å²) in [6.07, 6.45) is 8.96. The summed E-state index contributed by atoms with van der Waals surface area (Å²) in [4.78, 5) is 27.8. The molecule has 4 rings (SSSR count). The quantitative estimate of drug-likeness (QED) is 0.855. The van der Waals surface area contributed by atoms with Crippen molar-refractivity contribution in [2.45, 2.75) is 57.4 Å². The number of benzene rings is 1. The Morgan fingerprint density at radius 3 is 2.56 bits per heavy atom. The molecule has 3 fully saturated rings. The minimum absolute atomic E-state index is 0.0187. The number of carbonyl (C=O) groups excluding carboxylic acids is 2. The van der Waals surface area contributed by atoms with Crippen LogP contribution in [0.4, 0.5) is 5.69 Å². The number of amides is 2. The van der Waals surface area contributed by atoms with Crippen LogP contribution in [-0.2, 0) is 4.79 Å².